The summed E-state index contributed by atoms with van der Waals surface area (Å²) in [5.41, 5.74) is 2.27. The monoisotopic (exact) mass is 379 g/mol. The van der Waals surface area contributed by atoms with Crippen molar-refractivity contribution in [1.29, 1.82) is 0 Å². The van der Waals surface area contributed by atoms with E-state index in [1.807, 2.05) is 6.07 Å². The number of benzene rings is 1. The Kier molecular flexibility index (Phi) is 4.85. The van der Waals surface area contributed by atoms with Crippen LogP contribution < -0.4 is 10.2 Å². The number of piperidine rings is 4. The first-order valence-corrected chi connectivity index (χ1v) is 10.7. The summed E-state index contributed by atoms with van der Waals surface area (Å²) in [6.07, 6.45) is 6.23. The van der Waals surface area contributed by atoms with E-state index in [1.54, 1.807) is 6.07 Å². The summed E-state index contributed by atoms with van der Waals surface area (Å²) in [6, 6.07) is 12.5. The fourth-order valence-corrected chi connectivity index (χ4v) is 4.99. The lowest BCUT2D eigenvalue weighted by Crippen LogP contribution is -2.57. The number of rotatable bonds is 4. The first-order chi connectivity index (χ1) is 13.8. The topological polar surface area (TPSA) is 48.7 Å². The molecule has 1 unspecified atom stereocenters. The number of amides is 1. The van der Waals surface area contributed by atoms with Gasteiger partial charge in [0.25, 0.3) is 5.91 Å². The lowest BCUT2D eigenvalue weighted by Gasteiger charge is -2.44. The fourth-order valence-electron chi connectivity index (χ4n) is 4.99. The first-order valence-electron chi connectivity index (χ1n) is 10.7. The predicted octanol–water partition coefficient (Wildman–Crippen LogP) is 3.76. The lowest BCUT2D eigenvalue weighted by atomic mass is 9.84. The minimum Gasteiger partial charge on any atom is -0.451 e. The van der Waals surface area contributed by atoms with Gasteiger partial charge in [0, 0.05) is 36.9 Å². The Morgan fingerprint density at radius 3 is 2.57 bits per heavy atom. The van der Waals surface area contributed by atoms with Crippen LogP contribution in [-0.4, -0.2) is 49.6 Å². The standard InChI is InChI=1S/C23H29N3O2/c27-23(24-20-16-25-13-9-17(20)10-14-25)22-8-7-21(28-22)18-5-4-6-19(15-18)26-11-2-1-3-12-26/h4-8,15,17,20H,1-3,9-14,16H2,(H,24,27). The molecule has 148 valence electrons. The van der Waals surface area contributed by atoms with Crippen molar-refractivity contribution in [3.8, 4) is 11.3 Å². The molecule has 5 heteroatoms. The zero-order valence-corrected chi connectivity index (χ0v) is 16.4. The van der Waals surface area contributed by atoms with E-state index in [1.165, 1.54) is 50.9 Å². The van der Waals surface area contributed by atoms with Gasteiger partial charge in [0.05, 0.1) is 0 Å². The van der Waals surface area contributed by atoms with Crippen LogP contribution in [0.3, 0.4) is 0 Å². The summed E-state index contributed by atoms with van der Waals surface area (Å²) >= 11 is 0. The summed E-state index contributed by atoms with van der Waals surface area (Å²) in [7, 11) is 0. The van der Waals surface area contributed by atoms with Gasteiger partial charge in [-0.3, -0.25) is 4.79 Å². The van der Waals surface area contributed by atoms with Gasteiger partial charge in [0.15, 0.2) is 5.76 Å². The largest absolute Gasteiger partial charge is 0.451 e. The fraction of sp³-hybridized carbons (Fsp3) is 0.522. The van der Waals surface area contributed by atoms with Crippen LogP contribution in [0.2, 0.25) is 0 Å². The molecule has 4 aliphatic heterocycles. The second-order valence-corrected chi connectivity index (χ2v) is 8.48. The van der Waals surface area contributed by atoms with Crippen LogP contribution in [0.1, 0.15) is 42.7 Å². The Balaban J connectivity index is 1.28. The van der Waals surface area contributed by atoms with Crippen molar-refractivity contribution in [1.82, 2.24) is 10.2 Å². The third kappa shape index (κ3) is 3.55. The molecular weight excluding hydrogens is 350 g/mol. The smallest absolute Gasteiger partial charge is 0.287 e. The van der Waals surface area contributed by atoms with Crippen molar-refractivity contribution in [3.63, 3.8) is 0 Å². The molecule has 28 heavy (non-hydrogen) atoms. The average Bonchev–Trinajstić information content (AvgIpc) is 3.26. The summed E-state index contributed by atoms with van der Waals surface area (Å²) in [4.78, 5) is 17.6. The molecule has 0 spiro atoms. The number of furan rings is 1. The zero-order valence-electron chi connectivity index (χ0n) is 16.4. The van der Waals surface area contributed by atoms with Crippen molar-refractivity contribution in [2.75, 3.05) is 37.6 Å². The highest BCUT2D eigenvalue weighted by Gasteiger charge is 2.35. The van der Waals surface area contributed by atoms with Gasteiger partial charge >= 0.3 is 0 Å². The van der Waals surface area contributed by atoms with E-state index in [-0.39, 0.29) is 11.9 Å². The molecule has 1 N–H and O–H groups in total. The Morgan fingerprint density at radius 2 is 1.82 bits per heavy atom. The first kappa shape index (κ1) is 17.8. The molecule has 6 rings (SSSR count). The molecule has 1 atom stereocenters. The van der Waals surface area contributed by atoms with E-state index in [0.717, 1.165) is 31.0 Å². The Morgan fingerprint density at radius 1 is 1.00 bits per heavy atom. The van der Waals surface area contributed by atoms with Gasteiger partial charge in [-0.25, -0.2) is 0 Å². The van der Waals surface area contributed by atoms with Crippen LogP contribution in [0.4, 0.5) is 5.69 Å². The molecule has 0 saturated carbocycles. The van der Waals surface area contributed by atoms with Crippen molar-refractivity contribution in [3.05, 3.63) is 42.2 Å². The Labute approximate surface area is 166 Å². The SMILES string of the molecule is O=C(NC1CN2CCC1CC2)c1ccc(-c2cccc(N3CCCCC3)c2)o1. The van der Waals surface area contributed by atoms with Gasteiger partial charge in [-0.2, -0.15) is 0 Å². The highest BCUT2D eigenvalue weighted by molar-refractivity contribution is 5.92. The number of carbonyl (C=O) groups excluding carboxylic acids is 1. The van der Waals surface area contributed by atoms with E-state index < -0.39 is 0 Å². The van der Waals surface area contributed by atoms with Crippen molar-refractivity contribution >= 4 is 11.6 Å². The van der Waals surface area contributed by atoms with E-state index in [0.29, 0.717) is 11.7 Å². The molecule has 1 aromatic heterocycles. The van der Waals surface area contributed by atoms with Crippen LogP contribution in [-0.2, 0) is 0 Å². The Bertz CT molecular complexity index is 832. The van der Waals surface area contributed by atoms with E-state index in [2.05, 4.69) is 39.4 Å². The maximum atomic E-state index is 12.7. The zero-order chi connectivity index (χ0) is 18.9. The van der Waals surface area contributed by atoms with Gasteiger partial charge in [0.2, 0.25) is 0 Å². The highest BCUT2D eigenvalue weighted by atomic mass is 16.3. The van der Waals surface area contributed by atoms with Gasteiger partial charge in [-0.1, -0.05) is 12.1 Å². The van der Waals surface area contributed by atoms with Crippen LogP contribution in [0.15, 0.2) is 40.8 Å². The van der Waals surface area contributed by atoms with Gasteiger partial charge in [-0.05, 0) is 75.4 Å². The summed E-state index contributed by atoms with van der Waals surface area (Å²) in [6.45, 7) is 5.57. The van der Waals surface area contributed by atoms with E-state index in [9.17, 15) is 4.79 Å². The van der Waals surface area contributed by atoms with E-state index >= 15 is 0 Å². The van der Waals surface area contributed by atoms with E-state index in [4.69, 9.17) is 4.42 Å². The number of fused-ring (bicyclic) bond motifs is 3. The summed E-state index contributed by atoms with van der Waals surface area (Å²) in [5.74, 6) is 1.70. The predicted molar refractivity (Wildman–Crippen MR) is 111 cm³/mol. The quantitative estimate of drug-likeness (QED) is 0.879. The van der Waals surface area contributed by atoms with Gasteiger partial charge in [-0.15, -0.1) is 0 Å². The molecule has 4 aliphatic rings. The minimum atomic E-state index is -0.0859. The summed E-state index contributed by atoms with van der Waals surface area (Å²) in [5, 5.41) is 3.21. The van der Waals surface area contributed by atoms with Crippen molar-refractivity contribution in [2.45, 2.75) is 38.1 Å². The molecule has 2 bridgehead atoms. The number of nitrogens with one attached hydrogen (secondary N) is 1. The highest BCUT2D eigenvalue weighted by Crippen LogP contribution is 2.30. The second kappa shape index (κ2) is 7.63. The van der Waals surface area contributed by atoms with Crippen LogP contribution in [0.5, 0.6) is 0 Å². The molecule has 4 saturated heterocycles. The number of carbonyl (C=O) groups is 1. The number of anilines is 1. The van der Waals surface area contributed by atoms with Crippen LogP contribution in [0, 0.1) is 5.92 Å². The van der Waals surface area contributed by atoms with Crippen LogP contribution >= 0.6 is 0 Å². The molecule has 5 nitrogen and oxygen atoms in total. The molecule has 0 radical (unpaired) electrons. The molecule has 1 amide bonds. The maximum Gasteiger partial charge on any atom is 0.287 e. The van der Waals surface area contributed by atoms with Gasteiger partial charge < -0.3 is 19.5 Å². The molecular formula is C23H29N3O2. The number of hydrogen-bond acceptors (Lipinski definition) is 4. The normalized spacial score (nSPS) is 27.0. The number of nitrogens with zero attached hydrogens (tertiary/aromatic N) is 2. The molecule has 2 aromatic rings. The van der Waals surface area contributed by atoms with Crippen molar-refractivity contribution in [2.24, 2.45) is 5.92 Å². The third-order valence-electron chi connectivity index (χ3n) is 6.65. The Hall–Kier alpha value is -2.27. The third-order valence-corrected chi connectivity index (χ3v) is 6.65. The number of hydrogen-bond donors (Lipinski definition) is 1. The average molecular weight is 380 g/mol. The summed E-state index contributed by atoms with van der Waals surface area (Å²) < 4.78 is 5.95. The second-order valence-electron chi connectivity index (χ2n) is 8.48. The molecule has 5 heterocycles. The minimum absolute atomic E-state index is 0.0859. The molecule has 4 fully saturated rings. The lowest BCUT2D eigenvalue weighted by molar-refractivity contribution is 0.0606. The van der Waals surface area contributed by atoms with Gasteiger partial charge in [0.1, 0.15) is 5.76 Å². The molecule has 0 aliphatic carbocycles. The van der Waals surface area contributed by atoms with Crippen LogP contribution in [0.25, 0.3) is 11.3 Å². The van der Waals surface area contributed by atoms with Crippen molar-refractivity contribution < 1.29 is 9.21 Å². The molecule has 1 aromatic carbocycles. The maximum absolute atomic E-state index is 12.7.